The predicted molar refractivity (Wildman–Crippen MR) is 119 cm³/mol. The van der Waals surface area contributed by atoms with Gasteiger partial charge < -0.3 is 10.1 Å². The molecule has 6 heteroatoms. The van der Waals surface area contributed by atoms with Crippen LogP contribution < -0.4 is 5.32 Å². The van der Waals surface area contributed by atoms with E-state index in [1.807, 2.05) is 58.0 Å². The van der Waals surface area contributed by atoms with Gasteiger partial charge in [0.15, 0.2) is 5.54 Å². The maximum Gasteiger partial charge on any atom is 0.410 e. The Morgan fingerprint density at radius 3 is 2.57 bits per heavy atom. The third-order valence-electron chi connectivity index (χ3n) is 5.54. The molecule has 0 spiro atoms. The largest absolute Gasteiger partial charge is 0.444 e. The maximum absolute atomic E-state index is 12.9. The number of hydrogen-bond acceptors (Lipinski definition) is 4. The first-order chi connectivity index (χ1) is 14.1. The minimum Gasteiger partial charge on any atom is -0.444 e. The minimum absolute atomic E-state index is 0.184. The Morgan fingerprint density at radius 2 is 2.00 bits per heavy atom. The van der Waals surface area contributed by atoms with E-state index in [4.69, 9.17) is 9.73 Å². The number of rotatable bonds is 4. The second-order valence-electron chi connectivity index (χ2n) is 8.88. The van der Waals surface area contributed by atoms with Gasteiger partial charge in [-0.2, -0.15) is 0 Å². The molecule has 0 aromatic heterocycles. The summed E-state index contributed by atoms with van der Waals surface area (Å²) in [5, 5.41) is 2.93. The fraction of sp³-hybridized carbons (Fsp3) is 0.458. The van der Waals surface area contributed by atoms with Gasteiger partial charge in [0.25, 0.3) is 5.91 Å². The van der Waals surface area contributed by atoms with Crippen LogP contribution in [0.3, 0.4) is 0 Å². The lowest BCUT2D eigenvalue weighted by Gasteiger charge is -2.28. The van der Waals surface area contributed by atoms with E-state index in [1.54, 1.807) is 17.9 Å². The molecule has 1 aromatic carbocycles. The lowest BCUT2D eigenvalue weighted by Crippen LogP contribution is -2.47. The lowest BCUT2D eigenvalue weighted by atomic mass is 9.91. The molecule has 160 valence electrons. The van der Waals surface area contributed by atoms with Crippen molar-refractivity contribution in [3.05, 3.63) is 54.1 Å². The highest BCUT2D eigenvalue weighted by atomic mass is 16.6. The maximum atomic E-state index is 12.9. The SMILES string of the molecule is C=C/C(=C\C)c1ccc(C2(C)N=C(C3CCCN3C(=O)OC(C)(C)C)NC2=O)cc1. The second-order valence-corrected chi connectivity index (χ2v) is 8.88. The summed E-state index contributed by atoms with van der Waals surface area (Å²) in [6.07, 6.45) is 5.02. The summed E-state index contributed by atoms with van der Waals surface area (Å²) in [6, 6.07) is 7.52. The molecule has 1 aromatic rings. The Bertz CT molecular complexity index is 909. The third-order valence-corrected chi connectivity index (χ3v) is 5.54. The molecule has 3 rings (SSSR count). The van der Waals surface area contributed by atoms with Crippen molar-refractivity contribution >= 4 is 23.4 Å². The first kappa shape index (κ1) is 21.8. The van der Waals surface area contributed by atoms with Gasteiger partial charge in [0.2, 0.25) is 0 Å². The Kier molecular flexibility index (Phi) is 5.88. The van der Waals surface area contributed by atoms with Crippen molar-refractivity contribution in [1.29, 1.82) is 0 Å². The highest BCUT2D eigenvalue weighted by Crippen LogP contribution is 2.33. The van der Waals surface area contributed by atoms with Crippen molar-refractivity contribution in [1.82, 2.24) is 10.2 Å². The number of likely N-dealkylation sites (tertiary alicyclic amines) is 1. The molecule has 2 heterocycles. The number of amidine groups is 1. The minimum atomic E-state index is -1.03. The molecule has 30 heavy (non-hydrogen) atoms. The highest BCUT2D eigenvalue weighted by Gasteiger charge is 2.45. The van der Waals surface area contributed by atoms with Crippen molar-refractivity contribution < 1.29 is 14.3 Å². The van der Waals surface area contributed by atoms with E-state index >= 15 is 0 Å². The van der Waals surface area contributed by atoms with Gasteiger partial charge in [-0.05, 0) is 64.2 Å². The second kappa shape index (κ2) is 8.09. The number of aliphatic imine (C=N–C) groups is 1. The van der Waals surface area contributed by atoms with Gasteiger partial charge in [-0.25, -0.2) is 9.79 Å². The van der Waals surface area contributed by atoms with E-state index < -0.39 is 11.1 Å². The van der Waals surface area contributed by atoms with E-state index in [2.05, 4.69) is 11.9 Å². The zero-order chi connectivity index (χ0) is 22.1. The van der Waals surface area contributed by atoms with Gasteiger partial charge in [0.1, 0.15) is 11.4 Å². The molecule has 2 unspecified atom stereocenters. The van der Waals surface area contributed by atoms with E-state index in [1.165, 1.54) is 0 Å². The molecule has 0 bridgehead atoms. The van der Waals surface area contributed by atoms with Gasteiger partial charge in [-0.1, -0.05) is 43.0 Å². The molecule has 1 fully saturated rings. The van der Waals surface area contributed by atoms with Crippen molar-refractivity contribution in [2.45, 2.75) is 64.6 Å². The van der Waals surface area contributed by atoms with Crippen LogP contribution in [0.25, 0.3) is 5.57 Å². The van der Waals surface area contributed by atoms with Crippen molar-refractivity contribution in [2.75, 3.05) is 6.54 Å². The molecule has 0 radical (unpaired) electrons. The molecule has 2 aliphatic heterocycles. The van der Waals surface area contributed by atoms with Gasteiger partial charge in [0.05, 0.1) is 6.04 Å². The summed E-state index contributed by atoms with van der Waals surface area (Å²) in [5.74, 6) is 0.353. The first-order valence-electron chi connectivity index (χ1n) is 10.4. The van der Waals surface area contributed by atoms with E-state index in [0.29, 0.717) is 12.4 Å². The Balaban J connectivity index is 1.86. The van der Waals surface area contributed by atoms with Gasteiger partial charge in [0, 0.05) is 6.54 Å². The van der Waals surface area contributed by atoms with Crippen molar-refractivity contribution in [3.63, 3.8) is 0 Å². The Hall–Kier alpha value is -2.89. The molecule has 2 atom stereocenters. The normalized spacial score (nSPS) is 24.5. The standard InChI is InChI=1S/C24H31N3O3/c1-7-16(8-2)17-11-13-18(14-12-17)24(6)21(28)25-20(26-24)19-10-9-15-27(19)22(29)30-23(3,4)5/h7-8,11-14,19H,1,9-10,15H2,2-6H3,(H,25,26,28)/b16-8+. The van der Waals surface area contributed by atoms with E-state index in [9.17, 15) is 9.59 Å². The summed E-state index contributed by atoms with van der Waals surface area (Å²) >= 11 is 0. The predicted octanol–water partition coefficient (Wildman–Crippen LogP) is 4.42. The summed E-state index contributed by atoms with van der Waals surface area (Å²) in [7, 11) is 0. The number of hydrogen-bond donors (Lipinski definition) is 1. The van der Waals surface area contributed by atoms with Crippen molar-refractivity contribution in [3.8, 4) is 0 Å². The average molecular weight is 410 g/mol. The molecule has 2 amide bonds. The van der Waals surface area contributed by atoms with E-state index in [-0.39, 0.29) is 18.0 Å². The molecule has 1 N–H and O–H groups in total. The smallest absolute Gasteiger partial charge is 0.410 e. The highest BCUT2D eigenvalue weighted by molar-refractivity contribution is 6.11. The van der Waals surface area contributed by atoms with Crippen LogP contribution in [0, 0.1) is 0 Å². The number of carbonyl (C=O) groups is 2. The van der Waals surface area contributed by atoms with Crippen LogP contribution in [0.2, 0.25) is 0 Å². The number of ether oxygens (including phenoxy) is 1. The van der Waals surface area contributed by atoms with Crippen molar-refractivity contribution in [2.24, 2.45) is 4.99 Å². The lowest BCUT2D eigenvalue weighted by molar-refractivity contribution is -0.123. The number of carbonyl (C=O) groups excluding carboxylic acids is 2. The zero-order valence-corrected chi connectivity index (χ0v) is 18.5. The average Bonchev–Trinajstić information content (AvgIpc) is 3.28. The quantitative estimate of drug-likeness (QED) is 0.749. The summed E-state index contributed by atoms with van der Waals surface area (Å²) in [6.45, 7) is 13.7. The van der Waals surface area contributed by atoms with Crippen LogP contribution in [-0.4, -0.2) is 40.9 Å². The number of nitrogens with zero attached hydrogens (tertiary/aromatic N) is 2. The van der Waals surface area contributed by atoms with Crippen LogP contribution in [0.1, 0.15) is 58.6 Å². The molecule has 0 saturated carbocycles. The van der Waals surface area contributed by atoms with Crippen LogP contribution in [0.5, 0.6) is 0 Å². The van der Waals surface area contributed by atoms with Crippen LogP contribution in [-0.2, 0) is 15.1 Å². The topological polar surface area (TPSA) is 71.0 Å². The number of benzene rings is 1. The van der Waals surface area contributed by atoms with Crippen LogP contribution in [0.4, 0.5) is 4.79 Å². The fourth-order valence-corrected chi connectivity index (χ4v) is 3.89. The summed E-state index contributed by atoms with van der Waals surface area (Å²) in [5.41, 5.74) is 1.28. The molecular weight excluding hydrogens is 378 g/mol. The van der Waals surface area contributed by atoms with Crippen LogP contribution >= 0.6 is 0 Å². The summed E-state index contributed by atoms with van der Waals surface area (Å²) in [4.78, 5) is 32.0. The third kappa shape index (κ3) is 4.18. The summed E-state index contributed by atoms with van der Waals surface area (Å²) < 4.78 is 5.54. The van der Waals surface area contributed by atoms with Gasteiger partial charge >= 0.3 is 6.09 Å². The fourth-order valence-electron chi connectivity index (χ4n) is 3.89. The van der Waals surface area contributed by atoms with Crippen LogP contribution in [0.15, 0.2) is 48.0 Å². The molecule has 0 aliphatic carbocycles. The zero-order valence-electron chi connectivity index (χ0n) is 18.5. The molecule has 2 aliphatic rings. The Morgan fingerprint density at radius 1 is 1.33 bits per heavy atom. The first-order valence-corrected chi connectivity index (χ1v) is 10.4. The number of allylic oxidation sites excluding steroid dienone is 3. The number of amides is 2. The monoisotopic (exact) mass is 409 g/mol. The molecule has 6 nitrogen and oxygen atoms in total. The molecular formula is C24H31N3O3. The van der Waals surface area contributed by atoms with E-state index in [0.717, 1.165) is 29.5 Å². The molecule has 1 saturated heterocycles. The van der Waals surface area contributed by atoms with Gasteiger partial charge in [-0.15, -0.1) is 0 Å². The Labute approximate surface area is 178 Å². The number of nitrogens with one attached hydrogen (secondary N) is 1. The van der Waals surface area contributed by atoms with Gasteiger partial charge in [-0.3, -0.25) is 9.69 Å².